The third-order valence-electron chi connectivity index (χ3n) is 8.91. The lowest BCUT2D eigenvalue weighted by Gasteiger charge is -2.36. The third-order valence-corrected chi connectivity index (χ3v) is 8.91. The molecule has 13 heteroatoms. The van der Waals surface area contributed by atoms with Crippen LogP contribution >= 0.6 is 0 Å². The number of rotatable bonds is 12. The molecule has 6 rings (SSSR count). The van der Waals surface area contributed by atoms with E-state index in [2.05, 4.69) is 37.1 Å². The topological polar surface area (TPSA) is 157 Å². The minimum Gasteiger partial charge on any atom is -0.369 e. The molecule has 0 atom stereocenters. The smallest absolute Gasteiger partial charge is 0.323 e. The van der Waals surface area contributed by atoms with Gasteiger partial charge in [0.05, 0.1) is 12.4 Å². The van der Waals surface area contributed by atoms with Gasteiger partial charge in [-0.3, -0.25) is 14.4 Å². The van der Waals surface area contributed by atoms with Crippen molar-refractivity contribution in [2.75, 3.05) is 35.2 Å². The molecule has 4 heterocycles. The predicted octanol–water partition coefficient (Wildman–Crippen LogP) is 4.71. The fraction of sp³-hybridized carbons (Fsp3) is 0.400. The van der Waals surface area contributed by atoms with Crippen molar-refractivity contribution >= 4 is 29.5 Å². The Morgan fingerprint density at radius 2 is 1.88 bits per heavy atom. The van der Waals surface area contributed by atoms with E-state index in [0.717, 1.165) is 61.8 Å². The number of carbonyl (C=O) groups is 2. The van der Waals surface area contributed by atoms with Crippen molar-refractivity contribution in [3.8, 4) is 17.2 Å². The number of nitriles is 1. The largest absolute Gasteiger partial charge is 0.369 e. The molecule has 248 valence electrons. The van der Waals surface area contributed by atoms with Crippen molar-refractivity contribution in [2.24, 2.45) is 7.05 Å². The van der Waals surface area contributed by atoms with Gasteiger partial charge in [-0.2, -0.15) is 15.3 Å². The highest BCUT2D eigenvalue weighted by Gasteiger charge is 2.31. The molecule has 3 aromatic heterocycles. The summed E-state index contributed by atoms with van der Waals surface area (Å²) in [6, 6.07) is 15.8. The molecule has 1 saturated heterocycles. The van der Waals surface area contributed by atoms with Crippen LogP contribution in [0.2, 0.25) is 0 Å². The summed E-state index contributed by atoms with van der Waals surface area (Å²) in [5, 5.41) is 23.7. The van der Waals surface area contributed by atoms with Crippen LogP contribution in [-0.4, -0.2) is 73.3 Å². The Balaban J connectivity index is 1.08. The van der Waals surface area contributed by atoms with Gasteiger partial charge >= 0.3 is 6.03 Å². The summed E-state index contributed by atoms with van der Waals surface area (Å²) in [5.41, 5.74) is 3.30. The fourth-order valence-corrected chi connectivity index (χ4v) is 6.33. The van der Waals surface area contributed by atoms with Crippen molar-refractivity contribution in [1.29, 1.82) is 5.26 Å². The molecule has 2 aliphatic rings. The minimum atomic E-state index is -0.183. The van der Waals surface area contributed by atoms with Crippen LogP contribution in [0.25, 0.3) is 11.1 Å². The number of carbonyl (C=O) groups excluding carboxylic acids is 2. The van der Waals surface area contributed by atoms with Crippen molar-refractivity contribution in [1.82, 2.24) is 34.9 Å². The molecule has 3 N–H and O–H groups in total. The van der Waals surface area contributed by atoms with Gasteiger partial charge in [0.2, 0.25) is 11.9 Å². The van der Waals surface area contributed by atoms with E-state index in [9.17, 15) is 14.9 Å². The second-order valence-electron chi connectivity index (χ2n) is 12.3. The second-order valence-corrected chi connectivity index (χ2v) is 12.3. The standard InChI is InChI=1S/C35H41N11O2/c1-44-24-28(23-41-44)26-10-15-31(38-21-26)46(35(48)40-20-25-7-3-2-4-8-25)30-13-11-29(12-14-30)42-34-39-22-27(19-36)33(43-34)37-16-6-18-45-17-5-9-32(45)47/h2-4,7-8,10,15,21-24,29-30H,5-6,9,11-14,16-18,20H2,1H3,(H,40,48)(H2,37,39,42,43). The van der Waals surface area contributed by atoms with Crippen LogP contribution in [0.15, 0.2) is 67.3 Å². The molecule has 0 bridgehead atoms. The molecule has 0 unspecified atom stereocenters. The molecule has 48 heavy (non-hydrogen) atoms. The molecular formula is C35H41N11O2. The van der Waals surface area contributed by atoms with Crippen LogP contribution in [0.5, 0.6) is 0 Å². The van der Waals surface area contributed by atoms with E-state index in [1.54, 1.807) is 22.0 Å². The number of anilines is 3. The number of nitrogens with zero attached hydrogens (tertiary/aromatic N) is 8. The summed E-state index contributed by atoms with van der Waals surface area (Å²) >= 11 is 0. The zero-order valence-corrected chi connectivity index (χ0v) is 27.2. The normalized spacial score (nSPS) is 17.5. The predicted molar refractivity (Wildman–Crippen MR) is 183 cm³/mol. The first kappa shape index (κ1) is 32.4. The van der Waals surface area contributed by atoms with Crippen molar-refractivity contribution in [3.05, 3.63) is 78.4 Å². The third kappa shape index (κ3) is 8.06. The lowest BCUT2D eigenvalue weighted by atomic mass is 9.90. The van der Waals surface area contributed by atoms with Crippen LogP contribution in [0.4, 0.5) is 22.4 Å². The lowest BCUT2D eigenvalue weighted by Crippen LogP contribution is -2.49. The lowest BCUT2D eigenvalue weighted by molar-refractivity contribution is -0.127. The summed E-state index contributed by atoms with van der Waals surface area (Å²) in [4.78, 5) is 43.0. The highest BCUT2D eigenvalue weighted by molar-refractivity contribution is 5.91. The number of benzene rings is 1. The van der Waals surface area contributed by atoms with Crippen LogP contribution in [0, 0.1) is 11.3 Å². The van der Waals surface area contributed by atoms with Crippen molar-refractivity contribution in [3.63, 3.8) is 0 Å². The number of nitrogens with one attached hydrogen (secondary N) is 3. The molecule has 1 aromatic carbocycles. The quantitative estimate of drug-likeness (QED) is 0.185. The maximum Gasteiger partial charge on any atom is 0.323 e. The molecule has 2 fully saturated rings. The van der Waals surface area contributed by atoms with E-state index in [1.807, 2.05) is 60.6 Å². The maximum absolute atomic E-state index is 13.7. The summed E-state index contributed by atoms with van der Waals surface area (Å²) in [6.07, 6.45) is 12.5. The highest BCUT2D eigenvalue weighted by atomic mass is 16.2. The van der Waals surface area contributed by atoms with Gasteiger partial charge in [0.1, 0.15) is 23.3 Å². The zero-order chi connectivity index (χ0) is 33.3. The first-order valence-electron chi connectivity index (χ1n) is 16.6. The molecular weight excluding hydrogens is 606 g/mol. The Kier molecular flexibility index (Phi) is 10.4. The van der Waals surface area contributed by atoms with Gasteiger partial charge < -0.3 is 20.9 Å². The Morgan fingerprint density at radius 3 is 2.56 bits per heavy atom. The van der Waals surface area contributed by atoms with Gasteiger partial charge in [-0.05, 0) is 56.2 Å². The summed E-state index contributed by atoms with van der Waals surface area (Å²) in [6.45, 7) is 2.53. The van der Waals surface area contributed by atoms with Gasteiger partial charge in [-0.25, -0.2) is 14.8 Å². The fourth-order valence-electron chi connectivity index (χ4n) is 6.33. The minimum absolute atomic E-state index is 0.0443. The summed E-state index contributed by atoms with van der Waals surface area (Å²) < 4.78 is 1.75. The van der Waals surface area contributed by atoms with E-state index in [-0.39, 0.29) is 24.0 Å². The second kappa shape index (κ2) is 15.4. The molecule has 1 aliphatic carbocycles. The van der Waals surface area contributed by atoms with Crippen LogP contribution in [0.1, 0.15) is 56.1 Å². The number of amides is 3. The Hall–Kier alpha value is -5.51. The first-order valence-corrected chi connectivity index (χ1v) is 16.6. The van der Waals surface area contributed by atoms with E-state index in [4.69, 9.17) is 4.98 Å². The van der Waals surface area contributed by atoms with Gasteiger partial charge in [-0.15, -0.1) is 0 Å². The van der Waals surface area contributed by atoms with Crippen molar-refractivity contribution in [2.45, 2.75) is 63.6 Å². The van der Waals surface area contributed by atoms with Crippen LogP contribution in [0.3, 0.4) is 0 Å². The Bertz CT molecular complexity index is 1730. The SMILES string of the molecule is Cn1cc(-c2ccc(N(C(=O)NCc3ccccc3)C3CCC(Nc4ncc(C#N)c(NCCCN5CCCC5=O)n4)CC3)nc2)cn1. The van der Waals surface area contributed by atoms with Gasteiger partial charge in [0, 0.05) is 75.3 Å². The van der Waals surface area contributed by atoms with E-state index < -0.39 is 0 Å². The molecule has 1 saturated carbocycles. The molecule has 3 amide bonds. The highest BCUT2D eigenvalue weighted by Crippen LogP contribution is 2.30. The number of hydrogen-bond donors (Lipinski definition) is 3. The molecule has 0 spiro atoms. The van der Waals surface area contributed by atoms with E-state index in [1.165, 1.54) is 6.20 Å². The molecule has 1 aliphatic heterocycles. The number of urea groups is 1. The molecule has 0 radical (unpaired) electrons. The summed E-state index contributed by atoms with van der Waals surface area (Å²) in [7, 11) is 1.88. The number of hydrogen-bond acceptors (Lipinski definition) is 9. The number of aromatic nitrogens is 5. The maximum atomic E-state index is 13.7. The number of aryl methyl sites for hydroxylation is 1. The summed E-state index contributed by atoms with van der Waals surface area (Å²) in [5.74, 6) is 1.75. The molecule has 4 aromatic rings. The van der Waals surface area contributed by atoms with Gasteiger partial charge in [0.25, 0.3) is 0 Å². The zero-order valence-electron chi connectivity index (χ0n) is 27.2. The van der Waals surface area contributed by atoms with Gasteiger partial charge in [0.15, 0.2) is 0 Å². The Labute approximate surface area is 280 Å². The molecule has 13 nitrogen and oxygen atoms in total. The van der Waals surface area contributed by atoms with Crippen LogP contribution in [-0.2, 0) is 18.4 Å². The monoisotopic (exact) mass is 647 g/mol. The van der Waals surface area contributed by atoms with Gasteiger partial charge in [-0.1, -0.05) is 30.3 Å². The number of pyridine rings is 1. The first-order chi connectivity index (χ1) is 23.5. The average molecular weight is 648 g/mol. The van der Waals surface area contributed by atoms with E-state index in [0.29, 0.717) is 49.2 Å². The van der Waals surface area contributed by atoms with E-state index >= 15 is 0 Å². The average Bonchev–Trinajstić information content (AvgIpc) is 3.74. The Morgan fingerprint density at radius 1 is 1.04 bits per heavy atom. The van der Waals surface area contributed by atoms with Crippen molar-refractivity contribution < 1.29 is 9.59 Å². The van der Waals surface area contributed by atoms with Crippen LogP contribution < -0.4 is 20.9 Å². The number of likely N-dealkylation sites (tertiary alicyclic amines) is 1.